The number of aromatic nitrogens is 1. The van der Waals surface area contributed by atoms with E-state index < -0.39 is 0 Å². The lowest BCUT2D eigenvalue weighted by molar-refractivity contribution is 0.415. The number of anilines is 2. The largest absolute Gasteiger partial charge is 0.497 e. The first-order valence-corrected chi connectivity index (χ1v) is 8.33. The third-order valence-corrected chi connectivity index (χ3v) is 4.44. The zero-order valence-electron chi connectivity index (χ0n) is 11.3. The van der Waals surface area contributed by atoms with Crippen molar-refractivity contribution in [2.45, 2.75) is 0 Å². The standard InChI is InChI=1S/C16H13IN2OS/c1-20-14-4-2-3-13(9-14)18-16-19-15(10-21-16)11-5-7-12(17)8-6-11/h2-10H,1H3,(H,18,19). The van der Waals surface area contributed by atoms with Gasteiger partial charge in [-0.05, 0) is 46.9 Å². The van der Waals surface area contributed by atoms with Gasteiger partial charge in [0.25, 0.3) is 0 Å². The van der Waals surface area contributed by atoms with Crippen LogP contribution in [0.25, 0.3) is 11.3 Å². The highest BCUT2D eigenvalue weighted by atomic mass is 127. The van der Waals surface area contributed by atoms with Crippen molar-refractivity contribution in [2.75, 3.05) is 12.4 Å². The summed E-state index contributed by atoms with van der Waals surface area (Å²) in [5.74, 6) is 0.828. The Morgan fingerprint density at radius 1 is 1.14 bits per heavy atom. The summed E-state index contributed by atoms with van der Waals surface area (Å²) in [7, 11) is 1.66. The third kappa shape index (κ3) is 3.54. The van der Waals surface area contributed by atoms with E-state index in [1.807, 2.05) is 24.3 Å². The molecule has 0 amide bonds. The van der Waals surface area contributed by atoms with Gasteiger partial charge in [-0.3, -0.25) is 0 Å². The van der Waals surface area contributed by atoms with Crippen molar-refractivity contribution in [3.8, 4) is 17.0 Å². The van der Waals surface area contributed by atoms with Crippen molar-refractivity contribution >= 4 is 44.7 Å². The molecule has 0 bridgehead atoms. The maximum Gasteiger partial charge on any atom is 0.187 e. The molecule has 0 saturated heterocycles. The van der Waals surface area contributed by atoms with Crippen LogP contribution in [0.2, 0.25) is 0 Å². The number of methoxy groups -OCH3 is 1. The van der Waals surface area contributed by atoms with Gasteiger partial charge in [0.15, 0.2) is 5.13 Å². The molecule has 1 heterocycles. The second kappa shape index (κ2) is 6.44. The fraction of sp³-hybridized carbons (Fsp3) is 0.0625. The van der Waals surface area contributed by atoms with Crippen molar-refractivity contribution in [3.05, 3.63) is 57.5 Å². The van der Waals surface area contributed by atoms with Gasteiger partial charge in [-0.15, -0.1) is 11.3 Å². The minimum absolute atomic E-state index is 0.828. The molecule has 0 unspecified atom stereocenters. The zero-order valence-corrected chi connectivity index (χ0v) is 14.3. The molecule has 0 radical (unpaired) electrons. The topological polar surface area (TPSA) is 34.1 Å². The highest BCUT2D eigenvalue weighted by Crippen LogP contribution is 2.28. The van der Waals surface area contributed by atoms with Gasteiger partial charge in [0.05, 0.1) is 12.8 Å². The summed E-state index contributed by atoms with van der Waals surface area (Å²) in [5, 5.41) is 6.24. The van der Waals surface area contributed by atoms with Crippen LogP contribution in [0.5, 0.6) is 5.75 Å². The Hall–Kier alpha value is -1.60. The highest BCUT2D eigenvalue weighted by molar-refractivity contribution is 14.1. The highest BCUT2D eigenvalue weighted by Gasteiger charge is 2.05. The summed E-state index contributed by atoms with van der Waals surface area (Å²) in [6, 6.07) is 16.2. The van der Waals surface area contributed by atoms with Gasteiger partial charge < -0.3 is 10.1 Å². The van der Waals surface area contributed by atoms with Crippen molar-refractivity contribution in [2.24, 2.45) is 0 Å². The van der Waals surface area contributed by atoms with E-state index >= 15 is 0 Å². The number of ether oxygens (including phenoxy) is 1. The molecule has 2 aromatic carbocycles. The third-order valence-electron chi connectivity index (χ3n) is 2.97. The minimum atomic E-state index is 0.828. The van der Waals surface area contributed by atoms with E-state index in [0.29, 0.717) is 0 Å². The molecule has 3 aromatic rings. The fourth-order valence-electron chi connectivity index (χ4n) is 1.91. The molecule has 0 aliphatic carbocycles. The summed E-state index contributed by atoms with van der Waals surface area (Å²) in [4.78, 5) is 4.63. The second-order valence-corrected chi connectivity index (χ2v) is 6.51. The molecule has 0 fully saturated rings. The van der Waals surface area contributed by atoms with E-state index in [9.17, 15) is 0 Å². The van der Waals surface area contributed by atoms with Gasteiger partial charge in [0, 0.05) is 26.3 Å². The number of halogens is 1. The quantitative estimate of drug-likeness (QED) is 0.605. The van der Waals surface area contributed by atoms with Crippen LogP contribution in [0.4, 0.5) is 10.8 Å². The second-order valence-electron chi connectivity index (χ2n) is 4.40. The number of thiazole rings is 1. The van der Waals surface area contributed by atoms with Gasteiger partial charge in [-0.25, -0.2) is 4.98 Å². The minimum Gasteiger partial charge on any atom is -0.497 e. The molecule has 3 rings (SSSR count). The predicted octanol–water partition coefficient (Wildman–Crippen LogP) is 5.17. The van der Waals surface area contributed by atoms with E-state index in [1.54, 1.807) is 18.4 Å². The van der Waals surface area contributed by atoms with Gasteiger partial charge in [0.2, 0.25) is 0 Å². The Morgan fingerprint density at radius 3 is 2.71 bits per heavy atom. The van der Waals surface area contributed by atoms with E-state index in [2.05, 4.69) is 62.5 Å². The summed E-state index contributed by atoms with van der Waals surface area (Å²) in [6.07, 6.45) is 0. The smallest absolute Gasteiger partial charge is 0.187 e. The van der Waals surface area contributed by atoms with Gasteiger partial charge in [-0.1, -0.05) is 18.2 Å². The van der Waals surface area contributed by atoms with Crippen molar-refractivity contribution in [1.82, 2.24) is 4.98 Å². The normalized spacial score (nSPS) is 10.4. The van der Waals surface area contributed by atoms with Crippen LogP contribution < -0.4 is 10.1 Å². The van der Waals surface area contributed by atoms with Crippen molar-refractivity contribution in [1.29, 1.82) is 0 Å². The Morgan fingerprint density at radius 2 is 1.95 bits per heavy atom. The number of nitrogens with zero attached hydrogens (tertiary/aromatic N) is 1. The molecule has 0 saturated carbocycles. The first kappa shape index (κ1) is 14.3. The number of rotatable bonds is 4. The molecule has 0 aliphatic rings. The van der Waals surface area contributed by atoms with Gasteiger partial charge in [0.1, 0.15) is 5.75 Å². The summed E-state index contributed by atoms with van der Waals surface area (Å²) >= 11 is 3.89. The average Bonchev–Trinajstić information content (AvgIpc) is 2.96. The van der Waals surface area contributed by atoms with Gasteiger partial charge >= 0.3 is 0 Å². The van der Waals surface area contributed by atoms with Gasteiger partial charge in [-0.2, -0.15) is 0 Å². The Bertz CT molecular complexity index is 740. The predicted molar refractivity (Wildman–Crippen MR) is 96.5 cm³/mol. The maximum atomic E-state index is 5.22. The number of benzene rings is 2. The first-order valence-electron chi connectivity index (χ1n) is 6.37. The zero-order chi connectivity index (χ0) is 14.7. The van der Waals surface area contributed by atoms with E-state index in [1.165, 1.54) is 3.57 Å². The lowest BCUT2D eigenvalue weighted by Gasteiger charge is -2.04. The van der Waals surface area contributed by atoms with E-state index in [-0.39, 0.29) is 0 Å². The van der Waals surface area contributed by atoms with Crippen LogP contribution in [0.1, 0.15) is 0 Å². The van der Waals surface area contributed by atoms with Crippen molar-refractivity contribution in [3.63, 3.8) is 0 Å². The molecule has 0 aliphatic heterocycles. The van der Waals surface area contributed by atoms with Crippen LogP contribution in [0.3, 0.4) is 0 Å². The number of hydrogen-bond donors (Lipinski definition) is 1. The van der Waals surface area contributed by atoms with Crippen LogP contribution in [0.15, 0.2) is 53.9 Å². The molecular weight excluding hydrogens is 395 g/mol. The molecule has 0 spiro atoms. The average molecular weight is 408 g/mol. The SMILES string of the molecule is COc1cccc(Nc2nc(-c3ccc(I)cc3)cs2)c1. The summed E-state index contributed by atoms with van der Waals surface area (Å²) in [6.45, 7) is 0. The molecule has 3 nitrogen and oxygen atoms in total. The monoisotopic (exact) mass is 408 g/mol. The van der Waals surface area contributed by atoms with Crippen LogP contribution in [-0.4, -0.2) is 12.1 Å². The Balaban J connectivity index is 1.80. The molecule has 106 valence electrons. The molecular formula is C16H13IN2OS. The first-order chi connectivity index (χ1) is 10.2. The summed E-state index contributed by atoms with van der Waals surface area (Å²) < 4.78 is 6.44. The Kier molecular flexibility index (Phi) is 4.40. The lowest BCUT2D eigenvalue weighted by Crippen LogP contribution is -1.90. The Labute approximate surface area is 141 Å². The number of nitrogens with one attached hydrogen (secondary N) is 1. The fourth-order valence-corrected chi connectivity index (χ4v) is 3.01. The molecule has 0 atom stereocenters. The van der Waals surface area contributed by atoms with Crippen LogP contribution in [-0.2, 0) is 0 Å². The van der Waals surface area contributed by atoms with Crippen LogP contribution in [0, 0.1) is 3.57 Å². The molecule has 5 heteroatoms. The molecule has 21 heavy (non-hydrogen) atoms. The number of hydrogen-bond acceptors (Lipinski definition) is 4. The van der Waals surface area contributed by atoms with E-state index in [4.69, 9.17) is 4.74 Å². The molecule has 1 N–H and O–H groups in total. The van der Waals surface area contributed by atoms with Crippen LogP contribution >= 0.6 is 33.9 Å². The van der Waals surface area contributed by atoms with Crippen molar-refractivity contribution < 1.29 is 4.74 Å². The summed E-state index contributed by atoms with van der Waals surface area (Å²) in [5.41, 5.74) is 3.09. The maximum absolute atomic E-state index is 5.22. The molecule has 1 aromatic heterocycles. The lowest BCUT2D eigenvalue weighted by atomic mass is 10.2. The van der Waals surface area contributed by atoms with E-state index in [0.717, 1.165) is 27.8 Å².